The van der Waals surface area contributed by atoms with E-state index < -0.39 is 0 Å². The lowest BCUT2D eigenvalue weighted by Gasteiger charge is -2.24. The van der Waals surface area contributed by atoms with E-state index in [0.717, 1.165) is 0 Å². The molecule has 50 heavy (non-hydrogen) atoms. The monoisotopic (exact) mass is 638 g/mol. The van der Waals surface area contributed by atoms with Gasteiger partial charge in [0, 0.05) is 10.8 Å². The van der Waals surface area contributed by atoms with Crippen molar-refractivity contribution in [2.45, 2.75) is 38.5 Å². The molecule has 0 unspecified atom stereocenters. The van der Waals surface area contributed by atoms with E-state index in [9.17, 15) is 0 Å². The minimum atomic E-state index is -0.0719. The summed E-state index contributed by atoms with van der Waals surface area (Å²) in [5.41, 5.74) is 18.6. The van der Waals surface area contributed by atoms with Crippen LogP contribution in [0.4, 0.5) is 0 Å². The van der Waals surface area contributed by atoms with Crippen LogP contribution < -0.4 is 0 Å². The molecule has 0 spiro atoms. The highest BCUT2D eigenvalue weighted by Gasteiger charge is 2.38. The first kappa shape index (κ1) is 29.2. The first-order valence-corrected chi connectivity index (χ1v) is 17.9. The van der Waals surface area contributed by atoms with Gasteiger partial charge in [-0.1, -0.05) is 173 Å². The molecule has 0 nitrogen and oxygen atoms in total. The maximum absolute atomic E-state index is 2.49. The molecule has 0 amide bonds. The molecule has 0 aliphatic heterocycles. The van der Waals surface area contributed by atoms with E-state index in [1.165, 1.54) is 99.4 Å². The zero-order valence-corrected chi connectivity index (χ0v) is 29.0. The van der Waals surface area contributed by atoms with Crippen molar-refractivity contribution in [1.29, 1.82) is 0 Å². The molecule has 0 aromatic heterocycles. The Labute approximate surface area is 294 Å². The summed E-state index contributed by atoms with van der Waals surface area (Å²) in [6.45, 7) is 9.51. The minimum Gasteiger partial charge on any atom is -0.0622 e. The highest BCUT2D eigenvalue weighted by Crippen LogP contribution is 2.55. The van der Waals surface area contributed by atoms with Gasteiger partial charge in [-0.2, -0.15) is 0 Å². The van der Waals surface area contributed by atoms with Crippen LogP contribution in [0.1, 0.15) is 49.9 Å². The predicted octanol–water partition coefficient (Wildman–Crippen LogP) is 13.6. The fraction of sp³-hybridized carbons (Fsp3) is 0.120. The van der Waals surface area contributed by atoms with E-state index in [1.807, 2.05) is 0 Å². The summed E-state index contributed by atoms with van der Waals surface area (Å²) in [6, 6.07) is 59.3. The molecule has 0 N–H and O–H groups in total. The quantitative estimate of drug-likeness (QED) is 0.169. The summed E-state index contributed by atoms with van der Waals surface area (Å²) in [5, 5.41) is 5.16. The van der Waals surface area contributed by atoms with E-state index in [0.29, 0.717) is 0 Å². The summed E-state index contributed by atoms with van der Waals surface area (Å²) in [6.07, 6.45) is 0. The molecular weight excluding hydrogens is 601 g/mol. The van der Waals surface area contributed by atoms with Crippen LogP contribution in [-0.4, -0.2) is 0 Å². The maximum Gasteiger partial charge on any atom is 0.0159 e. The highest BCUT2D eigenvalue weighted by molar-refractivity contribution is 6.23. The van der Waals surface area contributed by atoms with Gasteiger partial charge in [0.1, 0.15) is 0 Å². The lowest BCUT2D eigenvalue weighted by Crippen LogP contribution is -2.14. The van der Waals surface area contributed by atoms with Crippen molar-refractivity contribution in [3.05, 3.63) is 180 Å². The Bertz CT molecular complexity index is 2690. The third kappa shape index (κ3) is 3.94. The van der Waals surface area contributed by atoms with Crippen LogP contribution in [0.5, 0.6) is 0 Å². The molecule has 8 aromatic rings. The Morgan fingerprint density at radius 1 is 0.280 bits per heavy atom. The number of fused-ring (bicyclic) bond motifs is 8. The van der Waals surface area contributed by atoms with Gasteiger partial charge in [-0.25, -0.2) is 0 Å². The predicted molar refractivity (Wildman–Crippen MR) is 213 cm³/mol. The van der Waals surface area contributed by atoms with E-state index in [2.05, 4.69) is 185 Å². The average molecular weight is 639 g/mol. The SMILES string of the molecule is CC1(C)c2ccccc2-c2ccc(-c3c4ccccc4c(-c4cccc5c4-c4ccccc4C5(C)C)c4cc(-c5ccccc5)ccc34)cc21. The summed E-state index contributed by atoms with van der Waals surface area (Å²) >= 11 is 0. The first-order valence-electron chi connectivity index (χ1n) is 17.9. The number of benzene rings is 8. The van der Waals surface area contributed by atoms with Crippen LogP contribution >= 0.6 is 0 Å². The van der Waals surface area contributed by atoms with Crippen LogP contribution in [-0.2, 0) is 10.8 Å². The van der Waals surface area contributed by atoms with E-state index >= 15 is 0 Å². The Morgan fingerprint density at radius 2 is 0.820 bits per heavy atom. The number of hydrogen-bond acceptors (Lipinski definition) is 0. The van der Waals surface area contributed by atoms with Gasteiger partial charge >= 0.3 is 0 Å². The molecule has 8 aromatic carbocycles. The van der Waals surface area contributed by atoms with Crippen molar-refractivity contribution in [2.75, 3.05) is 0 Å². The Hall–Kier alpha value is -5.72. The first-order chi connectivity index (χ1) is 24.3. The molecule has 0 heteroatoms. The third-order valence-electron chi connectivity index (χ3n) is 11.9. The molecular formula is C50H38. The third-order valence-corrected chi connectivity index (χ3v) is 11.9. The normalized spacial score (nSPS) is 14.7. The van der Waals surface area contributed by atoms with Crippen LogP contribution in [0.15, 0.2) is 158 Å². The molecule has 0 saturated heterocycles. The summed E-state index contributed by atoms with van der Waals surface area (Å²) in [4.78, 5) is 0. The molecule has 2 aliphatic rings. The van der Waals surface area contributed by atoms with Gasteiger partial charge in [0.25, 0.3) is 0 Å². The van der Waals surface area contributed by atoms with Crippen molar-refractivity contribution in [1.82, 2.24) is 0 Å². The minimum absolute atomic E-state index is 0.0707. The zero-order chi connectivity index (χ0) is 33.8. The zero-order valence-electron chi connectivity index (χ0n) is 29.0. The molecule has 0 atom stereocenters. The van der Waals surface area contributed by atoms with Gasteiger partial charge in [-0.15, -0.1) is 0 Å². The van der Waals surface area contributed by atoms with Crippen molar-refractivity contribution in [3.63, 3.8) is 0 Å². The van der Waals surface area contributed by atoms with E-state index in [4.69, 9.17) is 0 Å². The second-order valence-corrected chi connectivity index (χ2v) is 15.3. The number of rotatable bonds is 3. The van der Waals surface area contributed by atoms with Crippen molar-refractivity contribution >= 4 is 21.5 Å². The van der Waals surface area contributed by atoms with Crippen LogP contribution in [0.3, 0.4) is 0 Å². The van der Waals surface area contributed by atoms with Gasteiger partial charge < -0.3 is 0 Å². The molecule has 2 aliphatic carbocycles. The van der Waals surface area contributed by atoms with Crippen LogP contribution in [0.2, 0.25) is 0 Å². The van der Waals surface area contributed by atoms with E-state index in [1.54, 1.807) is 0 Å². The molecule has 0 fully saturated rings. The van der Waals surface area contributed by atoms with E-state index in [-0.39, 0.29) is 10.8 Å². The fourth-order valence-electron chi connectivity index (χ4n) is 9.41. The summed E-state index contributed by atoms with van der Waals surface area (Å²) in [7, 11) is 0. The summed E-state index contributed by atoms with van der Waals surface area (Å²) in [5.74, 6) is 0. The van der Waals surface area contributed by atoms with Gasteiger partial charge in [-0.05, 0) is 112 Å². The smallest absolute Gasteiger partial charge is 0.0159 e. The molecule has 0 heterocycles. The number of hydrogen-bond donors (Lipinski definition) is 0. The second kappa shape index (κ2) is 10.4. The maximum atomic E-state index is 2.49. The largest absolute Gasteiger partial charge is 0.0622 e. The van der Waals surface area contributed by atoms with Gasteiger partial charge in [0.15, 0.2) is 0 Å². The van der Waals surface area contributed by atoms with Crippen molar-refractivity contribution in [2.24, 2.45) is 0 Å². The van der Waals surface area contributed by atoms with Gasteiger partial charge in [0.2, 0.25) is 0 Å². The Kier molecular flexibility index (Phi) is 6.07. The molecule has 0 bridgehead atoms. The van der Waals surface area contributed by atoms with Crippen molar-refractivity contribution < 1.29 is 0 Å². The molecule has 0 saturated carbocycles. The van der Waals surface area contributed by atoms with Gasteiger partial charge in [0.05, 0.1) is 0 Å². The Morgan fingerprint density at radius 3 is 1.60 bits per heavy atom. The highest BCUT2D eigenvalue weighted by atomic mass is 14.4. The van der Waals surface area contributed by atoms with Crippen LogP contribution in [0, 0.1) is 0 Å². The fourth-order valence-corrected chi connectivity index (χ4v) is 9.41. The average Bonchev–Trinajstić information content (AvgIpc) is 3.53. The van der Waals surface area contributed by atoms with Gasteiger partial charge in [-0.3, -0.25) is 0 Å². The summed E-state index contributed by atoms with van der Waals surface area (Å²) < 4.78 is 0. The second-order valence-electron chi connectivity index (χ2n) is 15.3. The lowest BCUT2D eigenvalue weighted by atomic mass is 9.79. The van der Waals surface area contributed by atoms with Crippen molar-refractivity contribution in [3.8, 4) is 55.6 Å². The topological polar surface area (TPSA) is 0 Å². The molecule has 10 rings (SSSR count). The molecule has 0 radical (unpaired) electrons. The Balaban J connectivity index is 1.32. The van der Waals surface area contributed by atoms with Crippen LogP contribution in [0.25, 0.3) is 77.2 Å². The molecule has 238 valence electrons. The lowest BCUT2D eigenvalue weighted by molar-refractivity contribution is 0.660. The standard InChI is InChI=1S/C50H38/c1-49(2)43-23-13-11-20-39(43)48-40(21-14-24-44(48)49)47-37-19-9-8-18-36(37)46(38-28-25-32(29-41(38)47)31-15-6-5-7-16-31)33-26-27-35-34-17-10-12-22-42(34)50(3,4)45(35)30-33/h5-30H,1-4H3.